The van der Waals surface area contributed by atoms with Crippen molar-refractivity contribution in [3.63, 3.8) is 0 Å². The zero-order chi connectivity index (χ0) is 15.9. The van der Waals surface area contributed by atoms with E-state index in [1.54, 1.807) is 37.3 Å². The molecular formula is C16H21NO5. The number of aliphatic carboxylic acids is 1. The van der Waals surface area contributed by atoms with Crippen molar-refractivity contribution >= 4 is 11.9 Å². The molecule has 3 atom stereocenters. The summed E-state index contributed by atoms with van der Waals surface area (Å²) in [6.07, 6.45) is 1.23. The lowest BCUT2D eigenvalue weighted by molar-refractivity contribution is -0.145. The smallest absolute Gasteiger partial charge is 0.330 e. The number of amides is 1. The van der Waals surface area contributed by atoms with Gasteiger partial charge >= 0.3 is 5.97 Å². The molecule has 0 saturated carbocycles. The summed E-state index contributed by atoms with van der Waals surface area (Å²) < 4.78 is 10.9. The maximum atomic E-state index is 12.1. The Morgan fingerprint density at radius 1 is 1.41 bits per heavy atom. The topological polar surface area (TPSA) is 84.9 Å². The van der Waals surface area contributed by atoms with Crippen LogP contribution < -0.4 is 5.32 Å². The van der Waals surface area contributed by atoms with E-state index < -0.39 is 24.0 Å². The van der Waals surface area contributed by atoms with Gasteiger partial charge in [0, 0.05) is 6.61 Å². The van der Waals surface area contributed by atoms with E-state index >= 15 is 0 Å². The largest absolute Gasteiger partial charge is 0.479 e. The summed E-state index contributed by atoms with van der Waals surface area (Å²) >= 11 is 0. The van der Waals surface area contributed by atoms with Crippen molar-refractivity contribution in [1.29, 1.82) is 0 Å². The van der Waals surface area contributed by atoms with E-state index in [-0.39, 0.29) is 6.10 Å². The average Bonchev–Trinajstić information content (AvgIpc) is 3.04. The highest BCUT2D eigenvalue weighted by molar-refractivity contribution is 5.86. The lowest BCUT2D eigenvalue weighted by Gasteiger charge is -2.19. The van der Waals surface area contributed by atoms with Crippen LogP contribution in [-0.4, -0.2) is 42.4 Å². The van der Waals surface area contributed by atoms with Gasteiger partial charge in [0.15, 0.2) is 6.04 Å². The third kappa shape index (κ3) is 4.54. The quantitative estimate of drug-likeness (QED) is 0.797. The lowest BCUT2D eigenvalue weighted by Crippen LogP contribution is -2.40. The normalized spacial score (nSPS) is 20.3. The predicted molar refractivity (Wildman–Crippen MR) is 79.3 cm³/mol. The minimum Gasteiger partial charge on any atom is -0.479 e. The molecule has 6 heteroatoms. The van der Waals surface area contributed by atoms with Crippen LogP contribution in [0, 0.1) is 0 Å². The summed E-state index contributed by atoms with van der Waals surface area (Å²) in [7, 11) is 0. The van der Waals surface area contributed by atoms with Crippen LogP contribution >= 0.6 is 0 Å². The summed E-state index contributed by atoms with van der Waals surface area (Å²) in [6, 6.07) is 7.50. The molecule has 0 aromatic heterocycles. The summed E-state index contributed by atoms with van der Waals surface area (Å²) in [5, 5.41) is 11.8. The van der Waals surface area contributed by atoms with Crippen molar-refractivity contribution in [1.82, 2.24) is 5.32 Å². The first kappa shape index (κ1) is 16.5. The Morgan fingerprint density at radius 2 is 2.14 bits per heavy atom. The van der Waals surface area contributed by atoms with Gasteiger partial charge in [-0.2, -0.15) is 0 Å². The van der Waals surface area contributed by atoms with Crippen molar-refractivity contribution in [2.45, 2.75) is 38.0 Å². The zero-order valence-corrected chi connectivity index (χ0v) is 12.5. The number of hydrogen-bond acceptors (Lipinski definition) is 4. The molecule has 2 unspecified atom stereocenters. The molecule has 1 aliphatic heterocycles. The zero-order valence-electron chi connectivity index (χ0n) is 12.5. The summed E-state index contributed by atoms with van der Waals surface area (Å²) in [4.78, 5) is 23.4. The number of carbonyl (C=O) groups excluding carboxylic acids is 1. The van der Waals surface area contributed by atoms with Crippen LogP contribution in [0.4, 0.5) is 0 Å². The molecule has 1 amide bonds. The highest BCUT2D eigenvalue weighted by atomic mass is 16.5. The molecule has 1 saturated heterocycles. The van der Waals surface area contributed by atoms with Crippen LogP contribution in [0.15, 0.2) is 30.3 Å². The standard InChI is InChI=1S/C16H21NO5/c1-11(22-10-13-8-5-9-21-13)15(18)17-14(16(19)20)12-6-3-2-4-7-12/h2-4,6-7,11,13-14H,5,8-10H2,1H3,(H,17,18)(H,19,20)/t11?,13?,14-/m0/s1. The van der Waals surface area contributed by atoms with Gasteiger partial charge in [0.2, 0.25) is 5.91 Å². The Hall–Kier alpha value is -1.92. The monoisotopic (exact) mass is 307 g/mol. The molecule has 1 aromatic carbocycles. The SMILES string of the molecule is CC(OCC1CCCO1)C(=O)N[C@H](C(=O)O)c1ccccc1. The lowest BCUT2D eigenvalue weighted by atomic mass is 10.1. The number of ether oxygens (including phenoxy) is 2. The van der Waals surface area contributed by atoms with Gasteiger partial charge in [0.05, 0.1) is 12.7 Å². The van der Waals surface area contributed by atoms with Gasteiger partial charge in [-0.05, 0) is 25.3 Å². The second-order valence-corrected chi connectivity index (χ2v) is 5.30. The van der Waals surface area contributed by atoms with Gasteiger partial charge in [0.25, 0.3) is 0 Å². The molecule has 0 aliphatic carbocycles. The number of benzene rings is 1. The molecule has 0 bridgehead atoms. The number of rotatable bonds is 7. The second-order valence-electron chi connectivity index (χ2n) is 5.30. The summed E-state index contributed by atoms with van der Waals surface area (Å²) in [5.74, 6) is -1.56. The molecular weight excluding hydrogens is 286 g/mol. The fraction of sp³-hybridized carbons (Fsp3) is 0.500. The number of nitrogens with one attached hydrogen (secondary N) is 1. The van der Waals surface area contributed by atoms with Crippen molar-refractivity contribution in [2.75, 3.05) is 13.2 Å². The van der Waals surface area contributed by atoms with Crippen LogP contribution in [0.1, 0.15) is 31.4 Å². The Morgan fingerprint density at radius 3 is 2.73 bits per heavy atom. The van der Waals surface area contributed by atoms with E-state index in [4.69, 9.17) is 9.47 Å². The van der Waals surface area contributed by atoms with E-state index in [0.29, 0.717) is 12.2 Å². The number of carboxylic acid groups (broad SMARTS) is 1. The molecule has 0 spiro atoms. The van der Waals surface area contributed by atoms with Gasteiger partial charge in [-0.3, -0.25) is 4.79 Å². The molecule has 2 rings (SSSR count). The minimum absolute atomic E-state index is 0.0274. The van der Waals surface area contributed by atoms with E-state index in [0.717, 1.165) is 19.4 Å². The van der Waals surface area contributed by atoms with Crippen molar-refractivity contribution in [3.8, 4) is 0 Å². The molecule has 22 heavy (non-hydrogen) atoms. The molecule has 1 fully saturated rings. The van der Waals surface area contributed by atoms with Crippen molar-refractivity contribution in [3.05, 3.63) is 35.9 Å². The predicted octanol–water partition coefficient (Wildman–Crippen LogP) is 1.51. The minimum atomic E-state index is -1.11. The Labute approximate surface area is 129 Å². The van der Waals surface area contributed by atoms with Crippen LogP contribution in [-0.2, 0) is 19.1 Å². The van der Waals surface area contributed by atoms with Gasteiger partial charge in [-0.1, -0.05) is 30.3 Å². The number of hydrogen-bond donors (Lipinski definition) is 2. The number of carbonyl (C=O) groups is 2. The summed E-state index contributed by atoms with van der Waals surface area (Å²) in [5.41, 5.74) is 0.523. The average molecular weight is 307 g/mol. The van der Waals surface area contributed by atoms with E-state index in [1.165, 1.54) is 0 Å². The Kier molecular flexibility index (Phi) is 5.91. The fourth-order valence-corrected chi connectivity index (χ4v) is 2.30. The molecule has 0 radical (unpaired) electrons. The Bertz CT molecular complexity index is 499. The maximum Gasteiger partial charge on any atom is 0.330 e. The third-order valence-corrected chi connectivity index (χ3v) is 3.59. The second kappa shape index (κ2) is 7.91. The van der Waals surface area contributed by atoms with E-state index in [2.05, 4.69) is 5.32 Å². The summed E-state index contributed by atoms with van der Waals surface area (Å²) in [6.45, 7) is 2.68. The molecule has 120 valence electrons. The molecule has 6 nitrogen and oxygen atoms in total. The van der Waals surface area contributed by atoms with Crippen LogP contribution in [0.5, 0.6) is 0 Å². The third-order valence-electron chi connectivity index (χ3n) is 3.59. The highest BCUT2D eigenvalue weighted by Gasteiger charge is 2.25. The first-order chi connectivity index (χ1) is 10.6. The Balaban J connectivity index is 1.88. The molecule has 2 N–H and O–H groups in total. The van der Waals surface area contributed by atoms with Crippen molar-refractivity contribution in [2.24, 2.45) is 0 Å². The molecule has 1 aromatic rings. The molecule has 1 heterocycles. The van der Waals surface area contributed by atoms with Gasteiger partial charge in [-0.25, -0.2) is 4.79 Å². The highest BCUT2D eigenvalue weighted by Crippen LogP contribution is 2.15. The van der Waals surface area contributed by atoms with E-state index in [9.17, 15) is 14.7 Å². The van der Waals surface area contributed by atoms with Crippen LogP contribution in [0.3, 0.4) is 0 Å². The first-order valence-corrected chi connectivity index (χ1v) is 7.39. The first-order valence-electron chi connectivity index (χ1n) is 7.39. The fourth-order valence-electron chi connectivity index (χ4n) is 2.30. The van der Waals surface area contributed by atoms with Crippen LogP contribution in [0.25, 0.3) is 0 Å². The van der Waals surface area contributed by atoms with Gasteiger partial charge in [0.1, 0.15) is 6.10 Å². The van der Waals surface area contributed by atoms with Gasteiger partial charge in [-0.15, -0.1) is 0 Å². The van der Waals surface area contributed by atoms with Crippen molar-refractivity contribution < 1.29 is 24.2 Å². The maximum absolute atomic E-state index is 12.1. The molecule has 1 aliphatic rings. The van der Waals surface area contributed by atoms with Crippen LogP contribution in [0.2, 0.25) is 0 Å². The van der Waals surface area contributed by atoms with E-state index in [1.807, 2.05) is 0 Å². The number of carboxylic acids is 1. The van der Waals surface area contributed by atoms with Gasteiger partial charge < -0.3 is 19.9 Å².